The fraction of sp³-hybridized carbons (Fsp3) is 0.867. The third-order valence-electron chi connectivity index (χ3n) is 4.65. The van der Waals surface area contributed by atoms with Crippen LogP contribution >= 0.6 is 0 Å². The molecule has 4 nitrogen and oxygen atoms in total. The summed E-state index contributed by atoms with van der Waals surface area (Å²) in [7, 11) is 0. The summed E-state index contributed by atoms with van der Waals surface area (Å²) >= 11 is 0. The smallest absolute Gasteiger partial charge is 0.313 e. The molecule has 0 spiro atoms. The Morgan fingerprint density at radius 2 is 1.84 bits per heavy atom. The van der Waals surface area contributed by atoms with Gasteiger partial charge in [-0.15, -0.1) is 0 Å². The Balaban J connectivity index is 3.18. The highest BCUT2D eigenvalue weighted by atomic mass is 16.5. The Kier molecular flexibility index (Phi) is 5.83. The van der Waals surface area contributed by atoms with Crippen molar-refractivity contribution in [2.45, 2.75) is 59.3 Å². The highest BCUT2D eigenvalue weighted by Crippen LogP contribution is 2.49. The molecular weight excluding hydrogens is 244 g/mol. The van der Waals surface area contributed by atoms with Crippen molar-refractivity contribution in [2.75, 3.05) is 6.61 Å². The fourth-order valence-corrected chi connectivity index (χ4v) is 3.74. The molecule has 1 aliphatic rings. The number of ether oxygens (including phenoxy) is 1. The molecule has 2 atom stereocenters. The van der Waals surface area contributed by atoms with Crippen molar-refractivity contribution < 1.29 is 19.4 Å². The Morgan fingerprint density at radius 3 is 2.21 bits per heavy atom. The molecule has 1 fully saturated rings. The van der Waals surface area contributed by atoms with Gasteiger partial charge in [0.05, 0.1) is 17.9 Å². The van der Waals surface area contributed by atoms with Crippen LogP contribution in [-0.2, 0) is 14.3 Å². The molecule has 0 saturated heterocycles. The van der Waals surface area contributed by atoms with E-state index in [9.17, 15) is 14.7 Å². The van der Waals surface area contributed by atoms with E-state index in [1.807, 2.05) is 13.8 Å². The molecule has 2 unspecified atom stereocenters. The Morgan fingerprint density at radius 1 is 1.26 bits per heavy atom. The van der Waals surface area contributed by atoms with Gasteiger partial charge in [0.15, 0.2) is 0 Å². The van der Waals surface area contributed by atoms with Crippen molar-refractivity contribution in [3.05, 3.63) is 0 Å². The topological polar surface area (TPSA) is 63.6 Å². The third-order valence-corrected chi connectivity index (χ3v) is 4.65. The first-order valence-electron chi connectivity index (χ1n) is 7.44. The average molecular weight is 270 g/mol. The van der Waals surface area contributed by atoms with E-state index in [0.717, 1.165) is 25.7 Å². The molecule has 110 valence electrons. The van der Waals surface area contributed by atoms with Crippen molar-refractivity contribution in [1.29, 1.82) is 0 Å². The summed E-state index contributed by atoms with van der Waals surface area (Å²) in [6, 6.07) is 0. The van der Waals surface area contributed by atoms with Crippen LogP contribution in [0.15, 0.2) is 0 Å². The summed E-state index contributed by atoms with van der Waals surface area (Å²) < 4.78 is 5.24. The largest absolute Gasteiger partial charge is 0.481 e. The van der Waals surface area contributed by atoms with Crippen molar-refractivity contribution in [1.82, 2.24) is 0 Å². The standard InChI is InChI=1S/C15H26O4/c1-4-12(13(16)17)15(5-2,14(18)19-6-3)11-9-7-8-10-11/h11-12H,4-10H2,1-3H3,(H,16,17). The summed E-state index contributed by atoms with van der Waals surface area (Å²) in [4.78, 5) is 24.1. The van der Waals surface area contributed by atoms with Gasteiger partial charge in [0.2, 0.25) is 0 Å². The number of esters is 1. The van der Waals surface area contributed by atoms with E-state index in [1.165, 1.54) is 0 Å². The van der Waals surface area contributed by atoms with Crippen LogP contribution in [0.3, 0.4) is 0 Å². The summed E-state index contributed by atoms with van der Waals surface area (Å²) in [6.45, 7) is 5.84. The molecule has 1 N–H and O–H groups in total. The van der Waals surface area contributed by atoms with Gasteiger partial charge in [-0.05, 0) is 38.5 Å². The van der Waals surface area contributed by atoms with Crippen LogP contribution in [0.25, 0.3) is 0 Å². The molecule has 0 heterocycles. The second kappa shape index (κ2) is 6.92. The van der Waals surface area contributed by atoms with Gasteiger partial charge in [0.1, 0.15) is 0 Å². The molecule has 19 heavy (non-hydrogen) atoms. The highest BCUT2D eigenvalue weighted by Gasteiger charge is 2.53. The lowest BCUT2D eigenvalue weighted by molar-refractivity contribution is -0.173. The van der Waals surface area contributed by atoms with Gasteiger partial charge < -0.3 is 9.84 Å². The molecule has 0 aromatic rings. The van der Waals surface area contributed by atoms with Crippen molar-refractivity contribution in [3.63, 3.8) is 0 Å². The normalized spacial score (nSPS) is 20.8. The van der Waals surface area contributed by atoms with E-state index in [-0.39, 0.29) is 11.9 Å². The maximum absolute atomic E-state index is 12.5. The summed E-state index contributed by atoms with van der Waals surface area (Å²) in [5.74, 6) is -1.67. The second-order valence-electron chi connectivity index (χ2n) is 5.39. The Bertz CT molecular complexity index is 320. The Labute approximate surface area is 115 Å². The van der Waals surface area contributed by atoms with E-state index in [4.69, 9.17) is 4.74 Å². The SMILES string of the molecule is CCOC(=O)C(CC)(C1CCCC1)C(CC)C(=O)O. The monoisotopic (exact) mass is 270 g/mol. The van der Waals surface area contributed by atoms with Crippen LogP contribution < -0.4 is 0 Å². The predicted molar refractivity (Wildman–Crippen MR) is 72.7 cm³/mol. The number of carboxylic acids is 1. The lowest BCUT2D eigenvalue weighted by atomic mass is 9.63. The van der Waals surface area contributed by atoms with E-state index < -0.39 is 17.3 Å². The van der Waals surface area contributed by atoms with Crippen LogP contribution in [0.5, 0.6) is 0 Å². The molecule has 1 aliphatic carbocycles. The summed E-state index contributed by atoms with van der Waals surface area (Å²) in [6.07, 6.45) is 5.07. The zero-order valence-corrected chi connectivity index (χ0v) is 12.3. The van der Waals surface area contributed by atoms with Gasteiger partial charge in [0, 0.05) is 0 Å². The fourth-order valence-electron chi connectivity index (χ4n) is 3.74. The maximum Gasteiger partial charge on any atom is 0.313 e. The minimum absolute atomic E-state index is 0.151. The summed E-state index contributed by atoms with van der Waals surface area (Å²) in [5, 5.41) is 9.51. The van der Waals surface area contributed by atoms with Crippen LogP contribution in [-0.4, -0.2) is 23.7 Å². The van der Waals surface area contributed by atoms with Crippen LogP contribution in [0.1, 0.15) is 59.3 Å². The van der Waals surface area contributed by atoms with Crippen LogP contribution in [0.4, 0.5) is 0 Å². The number of carboxylic acid groups (broad SMARTS) is 1. The summed E-state index contributed by atoms with van der Waals surface area (Å²) in [5.41, 5.74) is -0.840. The molecule has 0 amide bonds. The van der Waals surface area contributed by atoms with E-state index in [2.05, 4.69) is 0 Å². The molecule has 0 aromatic heterocycles. The number of rotatable bonds is 7. The second-order valence-corrected chi connectivity index (χ2v) is 5.39. The quantitative estimate of drug-likeness (QED) is 0.721. The number of hydrogen-bond donors (Lipinski definition) is 1. The zero-order chi connectivity index (χ0) is 14.5. The number of hydrogen-bond acceptors (Lipinski definition) is 3. The lowest BCUT2D eigenvalue weighted by Gasteiger charge is -2.40. The molecule has 0 aromatic carbocycles. The van der Waals surface area contributed by atoms with Gasteiger partial charge in [-0.25, -0.2) is 0 Å². The molecule has 1 saturated carbocycles. The maximum atomic E-state index is 12.5. The molecule has 1 rings (SSSR count). The highest BCUT2D eigenvalue weighted by molar-refractivity contribution is 5.85. The van der Waals surface area contributed by atoms with Crippen LogP contribution in [0, 0.1) is 17.3 Å². The zero-order valence-electron chi connectivity index (χ0n) is 12.3. The van der Waals surface area contributed by atoms with E-state index in [0.29, 0.717) is 19.4 Å². The van der Waals surface area contributed by atoms with Crippen LogP contribution in [0.2, 0.25) is 0 Å². The predicted octanol–water partition coefficient (Wildman–Crippen LogP) is 3.25. The van der Waals surface area contributed by atoms with Crippen molar-refractivity contribution in [2.24, 2.45) is 17.3 Å². The molecule has 0 aliphatic heterocycles. The van der Waals surface area contributed by atoms with Crippen molar-refractivity contribution >= 4 is 11.9 Å². The molecular formula is C15H26O4. The van der Waals surface area contributed by atoms with E-state index >= 15 is 0 Å². The van der Waals surface area contributed by atoms with Gasteiger partial charge in [0.25, 0.3) is 0 Å². The van der Waals surface area contributed by atoms with Gasteiger partial charge >= 0.3 is 11.9 Å². The third kappa shape index (κ3) is 2.93. The Hall–Kier alpha value is -1.06. The number of carbonyl (C=O) groups excluding carboxylic acids is 1. The minimum atomic E-state index is -0.871. The molecule has 0 bridgehead atoms. The minimum Gasteiger partial charge on any atom is -0.481 e. The number of aliphatic carboxylic acids is 1. The molecule has 0 radical (unpaired) electrons. The first kappa shape index (κ1) is 16.0. The van der Waals surface area contributed by atoms with Gasteiger partial charge in [-0.3, -0.25) is 9.59 Å². The van der Waals surface area contributed by atoms with E-state index in [1.54, 1.807) is 6.92 Å². The number of carbonyl (C=O) groups is 2. The first-order valence-corrected chi connectivity index (χ1v) is 7.44. The van der Waals surface area contributed by atoms with Gasteiger partial charge in [-0.1, -0.05) is 26.7 Å². The lowest BCUT2D eigenvalue weighted by Crippen LogP contribution is -2.48. The average Bonchev–Trinajstić information content (AvgIpc) is 2.89. The van der Waals surface area contributed by atoms with Crippen molar-refractivity contribution in [3.8, 4) is 0 Å². The van der Waals surface area contributed by atoms with Gasteiger partial charge in [-0.2, -0.15) is 0 Å². The molecule has 4 heteroatoms. The first-order chi connectivity index (χ1) is 9.04.